The monoisotopic (exact) mass is 268 g/mol. The van der Waals surface area contributed by atoms with Crippen molar-refractivity contribution in [2.24, 2.45) is 0 Å². The van der Waals surface area contributed by atoms with Crippen LogP contribution in [-0.2, 0) is 11.2 Å². The topological polar surface area (TPSA) is 42.0 Å². The van der Waals surface area contributed by atoms with Crippen molar-refractivity contribution in [2.75, 3.05) is 5.32 Å². The van der Waals surface area contributed by atoms with E-state index in [0.29, 0.717) is 18.8 Å². The highest BCUT2D eigenvalue weighted by molar-refractivity contribution is 5.91. The van der Waals surface area contributed by atoms with Gasteiger partial charge in [-0.1, -0.05) is 38.1 Å². The number of benzene rings is 1. The Balaban J connectivity index is 1.95. The summed E-state index contributed by atoms with van der Waals surface area (Å²) < 4.78 is 0. The van der Waals surface area contributed by atoms with Gasteiger partial charge in [0.2, 0.25) is 5.91 Å². The fourth-order valence-corrected chi connectivity index (χ4v) is 2.11. The number of anilines is 1. The quantitative estimate of drug-likeness (QED) is 0.896. The number of hydrogen-bond donors (Lipinski definition) is 1. The average molecular weight is 268 g/mol. The Kier molecular flexibility index (Phi) is 4.88. The van der Waals surface area contributed by atoms with Crippen LogP contribution in [0.5, 0.6) is 0 Å². The maximum absolute atomic E-state index is 12.0. The lowest BCUT2D eigenvalue weighted by atomic mass is 10.0. The predicted octanol–water partition coefficient (Wildman–Crippen LogP) is 3.78. The molecule has 0 aliphatic heterocycles. The number of pyridine rings is 1. The molecule has 2 rings (SSSR count). The normalized spacial score (nSPS) is 10.6. The molecule has 104 valence electrons. The molecule has 1 aromatic carbocycles. The highest BCUT2D eigenvalue weighted by atomic mass is 16.1. The van der Waals surface area contributed by atoms with E-state index in [0.717, 1.165) is 11.4 Å². The van der Waals surface area contributed by atoms with Gasteiger partial charge in [0.1, 0.15) is 0 Å². The molecule has 2 aromatic rings. The Labute approximate surface area is 120 Å². The molecule has 0 unspecified atom stereocenters. The molecule has 0 spiro atoms. The zero-order valence-electron chi connectivity index (χ0n) is 12.0. The summed E-state index contributed by atoms with van der Waals surface area (Å²) in [4.78, 5) is 16.2. The second kappa shape index (κ2) is 6.85. The summed E-state index contributed by atoms with van der Waals surface area (Å²) in [5.41, 5.74) is 3.02. The number of amides is 1. The van der Waals surface area contributed by atoms with Crippen molar-refractivity contribution < 1.29 is 4.79 Å². The molecule has 1 N–H and O–H groups in total. The molecule has 1 heterocycles. The zero-order valence-corrected chi connectivity index (χ0v) is 12.0. The van der Waals surface area contributed by atoms with Crippen molar-refractivity contribution >= 4 is 11.6 Å². The zero-order chi connectivity index (χ0) is 14.4. The first-order valence-corrected chi connectivity index (χ1v) is 6.95. The highest BCUT2D eigenvalue weighted by Gasteiger charge is 2.09. The van der Waals surface area contributed by atoms with Crippen LogP contribution in [-0.4, -0.2) is 10.9 Å². The number of carbonyl (C=O) groups excluding carboxylic acids is 1. The lowest BCUT2D eigenvalue weighted by molar-refractivity contribution is -0.116. The Morgan fingerprint density at radius 2 is 1.90 bits per heavy atom. The van der Waals surface area contributed by atoms with Crippen LogP contribution in [0.3, 0.4) is 0 Å². The first-order chi connectivity index (χ1) is 9.66. The van der Waals surface area contributed by atoms with Crippen molar-refractivity contribution in [1.82, 2.24) is 4.98 Å². The Morgan fingerprint density at radius 3 is 2.60 bits per heavy atom. The molecule has 0 bridgehead atoms. The number of aryl methyl sites for hydroxylation is 1. The molecule has 0 radical (unpaired) electrons. The lowest BCUT2D eigenvalue weighted by Gasteiger charge is -2.13. The van der Waals surface area contributed by atoms with Gasteiger partial charge in [0.25, 0.3) is 0 Å². The Bertz CT molecular complexity index is 564. The van der Waals surface area contributed by atoms with E-state index in [4.69, 9.17) is 0 Å². The summed E-state index contributed by atoms with van der Waals surface area (Å²) in [5.74, 6) is 0.422. The smallest absolute Gasteiger partial charge is 0.224 e. The molecule has 0 aliphatic rings. The maximum atomic E-state index is 12.0. The van der Waals surface area contributed by atoms with Crippen LogP contribution in [0, 0.1) is 0 Å². The molecule has 0 saturated heterocycles. The minimum Gasteiger partial charge on any atom is -0.326 e. The van der Waals surface area contributed by atoms with Gasteiger partial charge in [0.15, 0.2) is 0 Å². The number of hydrogen-bond acceptors (Lipinski definition) is 2. The average Bonchev–Trinajstić information content (AvgIpc) is 2.46. The predicted molar refractivity (Wildman–Crippen MR) is 81.7 cm³/mol. The summed E-state index contributed by atoms with van der Waals surface area (Å²) in [7, 11) is 0. The van der Waals surface area contributed by atoms with E-state index in [1.54, 1.807) is 6.20 Å². The molecule has 3 heteroatoms. The summed E-state index contributed by atoms with van der Waals surface area (Å²) in [6.07, 6.45) is 2.86. The third-order valence-electron chi connectivity index (χ3n) is 3.19. The molecule has 0 saturated carbocycles. The van der Waals surface area contributed by atoms with Crippen LogP contribution in [0.2, 0.25) is 0 Å². The van der Waals surface area contributed by atoms with Crippen molar-refractivity contribution in [3.63, 3.8) is 0 Å². The number of nitrogens with zero attached hydrogens (tertiary/aromatic N) is 1. The number of rotatable bonds is 5. The van der Waals surface area contributed by atoms with Crippen LogP contribution in [0.15, 0.2) is 48.7 Å². The molecule has 0 fully saturated rings. The van der Waals surface area contributed by atoms with Crippen LogP contribution in [0.1, 0.15) is 37.4 Å². The van der Waals surface area contributed by atoms with E-state index < -0.39 is 0 Å². The van der Waals surface area contributed by atoms with Crippen molar-refractivity contribution in [1.29, 1.82) is 0 Å². The van der Waals surface area contributed by atoms with Gasteiger partial charge in [-0.25, -0.2) is 0 Å². The summed E-state index contributed by atoms with van der Waals surface area (Å²) >= 11 is 0. The molecule has 1 aromatic heterocycles. The van der Waals surface area contributed by atoms with E-state index >= 15 is 0 Å². The van der Waals surface area contributed by atoms with Crippen LogP contribution in [0.4, 0.5) is 5.69 Å². The standard InChI is InChI=1S/C17H20N2O/c1-13(2)15-8-3-4-9-16(15)19-17(20)11-10-14-7-5-6-12-18-14/h3-9,12-13H,10-11H2,1-2H3,(H,19,20). The van der Waals surface area contributed by atoms with Crippen LogP contribution in [0.25, 0.3) is 0 Å². The van der Waals surface area contributed by atoms with E-state index in [2.05, 4.69) is 30.2 Å². The molecular formula is C17H20N2O. The fraction of sp³-hybridized carbons (Fsp3) is 0.294. The van der Waals surface area contributed by atoms with Gasteiger partial charge < -0.3 is 5.32 Å². The third kappa shape index (κ3) is 3.92. The minimum absolute atomic E-state index is 0.0313. The van der Waals surface area contributed by atoms with E-state index in [9.17, 15) is 4.79 Å². The summed E-state index contributed by atoms with van der Waals surface area (Å²) in [6.45, 7) is 4.25. The SMILES string of the molecule is CC(C)c1ccccc1NC(=O)CCc1ccccn1. The maximum Gasteiger partial charge on any atom is 0.224 e. The van der Waals surface area contributed by atoms with Crippen LogP contribution < -0.4 is 5.32 Å². The van der Waals surface area contributed by atoms with Gasteiger partial charge >= 0.3 is 0 Å². The molecule has 0 atom stereocenters. The highest BCUT2D eigenvalue weighted by Crippen LogP contribution is 2.23. The van der Waals surface area contributed by atoms with E-state index in [-0.39, 0.29) is 5.91 Å². The number of aromatic nitrogens is 1. The van der Waals surface area contributed by atoms with E-state index in [1.807, 2.05) is 36.4 Å². The van der Waals surface area contributed by atoms with Crippen molar-refractivity contribution in [3.05, 3.63) is 59.9 Å². The Hall–Kier alpha value is -2.16. The summed E-state index contributed by atoms with van der Waals surface area (Å²) in [6, 6.07) is 13.7. The van der Waals surface area contributed by atoms with Gasteiger partial charge in [0.05, 0.1) is 0 Å². The third-order valence-corrected chi connectivity index (χ3v) is 3.19. The molecule has 3 nitrogen and oxygen atoms in total. The lowest BCUT2D eigenvalue weighted by Crippen LogP contribution is -2.14. The van der Waals surface area contributed by atoms with Crippen molar-refractivity contribution in [3.8, 4) is 0 Å². The van der Waals surface area contributed by atoms with Gasteiger partial charge in [-0.2, -0.15) is 0 Å². The molecule has 1 amide bonds. The van der Waals surface area contributed by atoms with Gasteiger partial charge in [-0.15, -0.1) is 0 Å². The van der Waals surface area contributed by atoms with Crippen LogP contribution >= 0.6 is 0 Å². The molecule has 20 heavy (non-hydrogen) atoms. The van der Waals surface area contributed by atoms with Gasteiger partial charge in [0, 0.05) is 24.0 Å². The van der Waals surface area contributed by atoms with Crippen molar-refractivity contribution in [2.45, 2.75) is 32.6 Å². The number of nitrogens with one attached hydrogen (secondary N) is 1. The largest absolute Gasteiger partial charge is 0.326 e. The van der Waals surface area contributed by atoms with Gasteiger partial charge in [-0.05, 0) is 36.1 Å². The summed E-state index contributed by atoms with van der Waals surface area (Å²) in [5, 5.41) is 3.00. The second-order valence-corrected chi connectivity index (χ2v) is 5.11. The number of para-hydroxylation sites is 1. The Morgan fingerprint density at radius 1 is 1.15 bits per heavy atom. The first kappa shape index (κ1) is 14.3. The van der Waals surface area contributed by atoms with Gasteiger partial charge in [-0.3, -0.25) is 9.78 Å². The minimum atomic E-state index is 0.0313. The fourth-order valence-electron chi connectivity index (χ4n) is 2.11. The molecular weight excluding hydrogens is 248 g/mol. The second-order valence-electron chi connectivity index (χ2n) is 5.11. The number of carbonyl (C=O) groups is 1. The first-order valence-electron chi connectivity index (χ1n) is 6.95. The van der Waals surface area contributed by atoms with E-state index in [1.165, 1.54) is 5.56 Å². The molecule has 0 aliphatic carbocycles.